The quantitative estimate of drug-likeness (QED) is 0.229. The number of ether oxygens (including phenoxy) is 4. The molecule has 0 saturated carbocycles. The van der Waals surface area contributed by atoms with Crippen LogP contribution in [-0.2, 0) is 0 Å². The van der Waals surface area contributed by atoms with E-state index < -0.39 is 58.8 Å². The zero-order chi connectivity index (χ0) is 25.7. The molecule has 3 aromatic carbocycles. The minimum Gasteiger partial charge on any atom is -0.507 e. The van der Waals surface area contributed by atoms with Crippen molar-refractivity contribution in [2.24, 2.45) is 0 Å². The molecule has 0 amide bonds. The van der Waals surface area contributed by atoms with Gasteiger partial charge in [-0.1, -0.05) is 12.1 Å². The number of aliphatic hydroxyl groups is 2. The fourth-order valence-electron chi connectivity index (χ4n) is 4.32. The number of carbonyl (C=O) groups is 1. The lowest BCUT2D eigenvalue weighted by Crippen LogP contribution is -2.37. The van der Waals surface area contributed by atoms with Crippen LogP contribution in [0.2, 0.25) is 0 Å². The Balaban J connectivity index is 1.51. The highest BCUT2D eigenvalue weighted by molar-refractivity contribution is 6.06. The molecule has 4 atom stereocenters. The molecule has 0 bridgehead atoms. The van der Waals surface area contributed by atoms with Crippen LogP contribution in [0.3, 0.4) is 0 Å². The van der Waals surface area contributed by atoms with Gasteiger partial charge in [0, 0.05) is 11.6 Å². The molecule has 36 heavy (non-hydrogen) atoms. The first-order valence-electron chi connectivity index (χ1n) is 10.8. The van der Waals surface area contributed by atoms with E-state index in [0.29, 0.717) is 5.56 Å². The number of aliphatic hydroxyl groups excluding tert-OH is 2. The lowest BCUT2D eigenvalue weighted by atomic mass is 9.92. The Morgan fingerprint density at radius 1 is 0.833 bits per heavy atom. The molecule has 2 aliphatic rings. The zero-order valence-corrected chi connectivity index (χ0v) is 18.8. The Morgan fingerprint density at radius 3 is 2.28 bits per heavy atom. The summed E-state index contributed by atoms with van der Waals surface area (Å²) >= 11 is 0. The maximum Gasteiger partial charge on any atom is 0.203 e. The molecule has 0 radical (unpaired) electrons. The molecular formula is C25H22O11. The molecule has 2 aliphatic heterocycles. The van der Waals surface area contributed by atoms with Crippen LogP contribution in [0.15, 0.2) is 42.5 Å². The van der Waals surface area contributed by atoms with Crippen LogP contribution in [0.25, 0.3) is 0 Å². The Morgan fingerprint density at radius 2 is 1.56 bits per heavy atom. The summed E-state index contributed by atoms with van der Waals surface area (Å²) in [5.74, 6) is -2.83. The second-order valence-corrected chi connectivity index (χ2v) is 8.33. The topological polar surface area (TPSA) is 175 Å². The number of fused-ring (bicyclic) bond motifs is 2. The first-order valence-corrected chi connectivity index (χ1v) is 10.8. The summed E-state index contributed by atoms with van der Waals surface area (Å²) in [6, 6.07) is 9.83. The summed E-state index contributed by atoms with van der Waals surface area (Å²) in [6.45, 7) is -0.378. The standard InChI is InChI=1S/C25H22O11/c1-33-16-6-10(2-4-12(16)27)23-18(9-26)34-15-5-3-11(7-17(15)35-23)24-22(32)21(31)19-13(28)8-14(29)20(30)25(19)36-24/h2-8,18,22-24,26-30,32H,9H2,1H3/t18?,22-,23?,24+/m0/s1. The van der Waals surface area contributed by atoms with Crippen LogP contribution < -0.4 is 18.9 Å². The summed E-state index contributed by atoms with van der Waals surface area (Å²) in [4.78, 5) is 12.8. The second-order valence-electron chi connectivity index (χ2n) is 8.33. The largest absolute Gasteiger partial charge is 0.507 e. The first-order chi connectivity index (χ1) is 17.2. The summed E-state index contributed by atoms with van der Waals surface area (Å²) in [5, 5.41) is 60.5. The molecule has 6 N–H and O–H groups in total. The highest BCUT2D eigenvalue weighted by Crippen LogP contribution is 2.50. The monoisotopic (exact) mass is 498 g/mol. The van der Waals surface area contributed by atoms with Crippen LogP contribution in [-0.4, -0.2) is 62.3 Å². The van der Waals surface area contributed by atoms with E-state index in [-0.39, 0.29) is 35.2 Å². The molecule has 2 unspecified atom stereocenters. The Kier molecular flexibility index (Phi) is 5.65. The number of phenolic OH excluding ortho intramolecular Hbond substituents is 4. The van der Waals surface area contributed by atoms with E-state index in [2.05, 4.69) is 0 Å². The normalized spacial score (nSPS) is 22.5. The number of hydrogen-bond acceptors (Lipinski definition) is 11. The Hall–Kier alpha value is -4.35. The van der Waals surface area contributed by atoms with Crippen LogP contribution in [0, 0.1) is 0 Å². The van der Waals surface area contributed by atoms with Gasteiger partial charge in [0.05, 0.1) is 13.7 Å². The molecule has 3 aromatic rings. The average molecular weight is 498 g/mol. The number of Topliss-reactive ketones (excluding diaryl/α,β-unsaturated/α-hetero) is 1. The molecule has 0 saturated heterocycles. The van der Waals surface area contributed by atoms with Gasteiger partial charge in [0.25, 0.3) is 0 Å². The van der Waals surface area contributed by atoms with E-state index in [9.17, 15) is 35.4 Å². The Labute approximate surface area is 203 Å². The van der Waals surface area contributed by atoms with E-state index in [1.165, 1.54) is 31.4 Å². The molecule has 0 aromatic heterocycles. The third-order valence-electron chi connectivity index (χ3n) is 6.14. The zero-order valence-electron chi connectivity index (χ0n) is 18.8. The predicted octanol–water partition coefficient (Wildman–Crippen LogP) is 2.07. The number of hydrogen-bond donors (Lipinski definition) is 6. The Bertz CT molecular complexity index is 1350. The number of aromatic hydroxyl groups is 4. The average Bonchev–Trinajstić information content (AvgIpc) is 2.88. The third kappa shape index (κ3) is 3.65. The van der Waals surface area contributed by atoms with Crippen LogP contribution in [0.5, 0.6) is 46.0 Å². The van der Waals surface area contributed by atoms with Gasteiger partial charge in [0.2, 0.25) is 11.5 Å². The lowest BCUT2D eigenvalue weighted by Gasteiger charge is -2.35. The van der Waals surface area contributed by atoms with Crippen molar-refractivity contribution in [3.63, 3.8) is 0 Å². The number of methoxy groups -OCH3 is 1. The van der Waals surface area contributed by atoms with Crippen LogP contribution in [0.1, 0.15) is 33.7 Å². The lowest BCUT2D eigenvalue weighted by molar-refractivity contribution is -0.0130. The summed E-state index contributed by atoms with van der Waals surface area (Å²) in [7, 11) is 1.40. The fourth-order valence-corrected chi connectivity index (χ4v) is 4.32. The van der Waals surface area contributed by atoms with E-state index in [1.54, 1.807) is 12.1 Å². The van der Waals surface area contributed by atoms with E-state index >= 15 is 0 Å². The van der Waals surface area contributed by atoms with Gasteiger partial charge in [0.1, 0.15) is 11.3 Å². The van der Waals surface area contributed by atoms with Gasteiger partial charge in [-0.15, -0.1) is 0 Å². The number of carbonyl (C=O) groups excluding carboxylic acids is 1. The number of ketones is 1. The molecule has 188 valence electrons. The minimum atomic E-state index is -1.74. The smallest absolute Gasteiger partial charge is 0.203 e. The van der Waals surface area contributed by atoms with Crippen molar-refractivity contribution in [2.75, 3.05) is 13.7 Å². The van der Waals surface area contributed by atoms with Crippen molar-refractivity contribution in [1.29, 1.82) is 0 Å². The SMILES string of the molecule is COc1cc(C2Oc3cc([C@H]4Oc5c(O)c(O)cc(O)c5C(=O)[C@@H]4O)ccc3OC2CO)ccc1O. The third-order valence-corrected chi connectivity index (χ3v) is 6.14. The van der Waals surface area contributed by atoms with Crippen molar-refractivity contribution in [2.45, 2.75) is 24.4 Å². The van der Waals surface area contributed by atoms with Crippen molar-refractivity contribution in [1.82, 2.24) is 0 Å². The van der Waals surface area contributed by atoms with E-state index in [1.807, 2.05) is 0 Å². The van der Waals surface area contributed by atoms with E-state index in [4.69, 9.17) is 18.9 Å². The van der Waals surface area contributed by atoms with Crippen molar-refractivity contribution >= 4 is 5.78 Å². The molecule has 5 rings (SSSR count). The maximum atomic E-state index is 12.8. The van der Waals surface area contributed by atoms with Crippen LogP contribution in [0.4, 0.5) is 0 Å². The molecule has 0 spiro atoms. The number of phenols is 4. The van der Waals surface area contributed by atoms with Crippen LogP contribution >= 0.6 is 0 Å². The van der Waals surface area contributed by atoms with Gasteiger partial charge in [0.15, 0.2) is 58.9 Å². The van der Waals surface area contributed by atoms with Gasteiger partial charge in [-0.05, 0) is 29.8 Å². The van der Waals surface area contributed by atoms with Gasteiger partial charge in [-0.25, -0.2) is 0 Å². The molecule has 11 heteroatoms. The number of benzene rings is 3. The predicted molar refractivity (Wildman–Crippen MR) is 121 cm³/mol. The van der Waals surface area contributed by atoms with Crippen molar-refractivity contribution in [3.8, 4) is 46.0 Å². The summed E-state index contributed by atoms with van der Waals surface area (Å²) in [6.07, 6.45) is -4.64. The van der Waals surface area contributed by atoms with Crippen molar-refractivity contribution < 1.29 is 54.4 Å². The van der Waals surface area contributed by atoms with Crippen molar-refractivity contribution in [3.05, 3.63) is 59.2 Å². The van der Waals surface area contributed by atoms with Gasteiger partial charge in [-0.2, -0.15) is 0 Å². The van der Waals surface area contributed by atoms with Gasteiger partial charge >= 0.3 is 0 Å². The first kappa shape index (κ1) is 23.4. The molecule has 0 fully saturated rings. The van der Waals surface area contributed by atoms with E-state index in [0.717, 1.165) is 6.07 Å². The molecule has 0 aliphatic carbocycles. The highest BCUT2D eigenvalue weighted by Gasteiger charge is 2.42. The summed E-state index contributed by atoms with van der Waals surface area (Å²) in [5.41, 5.74) is 0.378. The highest BCUT2D eigenvalue weighted by atomic mass is 16.6. The minimum absolute atomic E-state index is 0.0741. The second kappa shape index (κ2) is 8.70. The molecular weight excluding hydrogens is 476 g/mol. The maximum absolute atomic E-state index is 12.8. The summed E-state index contributed by atoms with van der Waals surface area (Å²) < 4.78 is 22.8. The molecule has 11 nitrogen and oxygen atoms in total. The fraction of sp³-hybridized carbons (Fsp3) is 0.240. The number of rotatable bonds is 4. The van der Waals surface area contributed by atoms with Gasteiger partial charge < -0.3 is 49.6 Å². The molecule has 2 heterocycles. The van der Waals surface area contributed by atoms with Gasteiger partial charge in [-0.3, -0.25) is 4.79 Å².